The molecule has 0 rings (SSSR count). The van der Waals surface area contributed by atoms with Gasteiger partial charge in [0.05, 0.1) is 5.75 Å². The first-order chi connectivity index (χ1) is 4.42. The van der Waals surface area contributed by atoms with Crippen molar-refractivity contribution in [2.45, 2.75) is 19.1 Å². The Morgan fingerprint density at radius 2 is 2.00 bits per heavy atom. The van der Waals surface area contributed by atoms with E-state index in [1.807, 2.05) is 0 Å². The summed E-state index contributed by atoms with van der Waals surface area (Å²) in [6.45, 7) is 1.68. The first-order valence-electron chi connectivity index (χ1n) is 2.82. The van der Waals surface area contributed by atoms with E-state index in [1.165, 1.54) is 0 Å². The largest absolute Gasteiger partial charge is 0.397 e. The van der Waals surface area contributed by atoms with Gasteiger partial charge in [-0.2, -0.15) is 24.9 Å². The smallest absolute Gasteiger partial charge is 0.327 e. The lowest BCUT2D eigenvalue weighted by atomic mass is 10.4. The maximum absolute atomic E-state index is 11.4. The third-order valence-corrected chi connectivity index (χ3v) is 1.94. The van der Waals surface area contributed by atoms with Crippen molar-refractivity contribution in [3.8, 4) is 0 Å². The van der Waals surface area contributed by atoms with Crippen LogP contribution in [-0.2, 0) is 0 Å². The van der Waals surface area contributed by atoms with Crippen LogP contribution in [0.5, 0.6) is 0 Å². The van der Waals surface area contributed by atoms with Gasteiger partial charge in [-0.05, 0) is 6.92 Å². The van der Waals surface area contributed by atoms with E-state index in [-0.39, 0.29) is 6.04 Å². The minimum Gasteiger partial charge on any atom is -0.327 e. The molecule has 0 aliphatic heterocycles. The van der Waals surface area contributed by atoms with Crippen molar-refractivity contribution in [3.63, 3.8) is 0 Å². The fourth-order valence-electron chi connectivity index (χ4n) is 0.361. The summed E-state index contributed by atoms with van der Waals surface area (Å²) >= 11 is 0.818. The normalized spacial score (nSPS) is 15.3. The number of thioether (sulfide) groups is 1. The Kier molecular flexibility index (Phi) is 4.12. The average Bonchev–Trinajstić information content (AvgIpc) is 1.59. The molecule has 1 unspecified atom stereocenters. The van der Waals surface area contributed by atoms with Gasteiger partial charge in [0.1, 0.15) is 0 Å². The molecular formula is C5H10F3NS. The molecule has 1 atom stereocenters. The Morgan fingerprint density at radius 3 is 2.30 bits per heavy atom. The van der Waals surface area contributed by atoms with Gasteiger partial charge in [0.15, 0.2) is 0 Å². The van der Waals surface area contributed by atoms with E-state index in [1.54, 1.807) is 6.92 Å². The molecule has 0 saturated carbocycles. The van der Waals surface area contributed by atoms with Crippen LogP contribution >= 0.6 is 11.8 Å². The Morgan fingerprint density at radius 1 is 1.50 bits per heavy atom. The van der Waals surface area contributed by atoms with Crippen molar-refractivity contribution in [3.05, 3.63) is 0 Å². The Balaban J connectivity index is 3.21. The van der Waals surface area contributed by atoms with Gasteiger partial charge in [0.2, 0.25) is 0 Å². The molecule has 5 heteroatoms. The molecule has 1 nitrogen and oxygen atoms in total. The third-order valence-electron chi connectivity index (χ3n) is 0.646. The molecule has 0 fully saturated rings. The molecule has 62 valence electrons. The van der Waals surface area contributed by atoms with Gasteiger partial charge in [-0.25, -0.2) is 0 Å². The summed E-state index contributed by atoms with van der Waals surface area (Å²) < 4.78 is 34.3. The van der Waals surface area contributed by atoms with Crippen molar-refractivity contribution in [2.75, 3.05) is 11.5 Å². The van der Waals surface area contributed by atoms with Gasteiger partial charge in [-0.3, -0.25) is 0 Å². The third kappa shape index (κ3) is 8.10. The van der Waals surface area contributed by atoms with Crippen molar-refractivity contribution in [2.24, 2.45) is 5.73 Å². The molecule has 0 aliphatic carbocycles. The molecule has 0 heterocycles. The van der Waals surface area contributed by atoms with Crippen molar-refractivity contribution < 1.29 is 13.2 Å². The highest BCUT2D eigenvalue weighted by Crippen LogP contribution is 2.20. The van der Waals surface area contributed by atoms with Crippen LogP contribution in [0.15, 0.2) is 0 Å². The van der Waals surface area contributed by atoms with Crippen LogP contribution in [0.4, 0.5) is 13.2 Å². The number of hydrogen-bond donors (Lipinski definition) is 1. The fourth-order valence-corrected chi connectivity index (χ4v) is 1.08. The predicted octanol–water partition coefficient (Wildman–Crippen LogP) is 1.63. The molecule has 0 radical (unpaired) electrons. The number of alkyl halides is 3. The standard InChI is InChI=1S/C5H10F3NS/c1-4(9)2-10-3-5(6,7)8/h4H,2-3,9H2,1H3. The number of hydrogen-bond acceptors (Lipinski definition) is 2. The van der Waals surface area contributed by atoms with Crippen molar-refractivity contribution in [1.82, 2.24) is 0 Å². The Labute approximate surface area is 62.2 Å². The summed E-state index contributed by atoms with van der Waals surface area (Å²) in [6.07, 6.45) is -4.06. The first-order valence-corrected chi connectivity index (χ1v) is 3.97. The van der Waals surface area contributed by atoms with Crippen molar-refractivity contribution in [1.29, 1.82) is 0 Å². The van der Waals surface area contributed by atoms with E-state index in [0.29, 0.717) is 5.75 Å². The molecule has 0 aromatic carbocycles. The molecule has 0 spiro atoms. The van der Waals surface area contributed by atoms with Crippen molar-refractivity contribution >= 4 is 11.8 Å². The summed E-state index contributed by atoms with van der Waals surface area (Å²) in [4.78, 5) is 0. The second-order valence-electron chi connectivity index (χ2n) is 2.11. The van der Waals surface area contributed by atoms with E-state index in [2.05, 4.69) is 0 Å². The molecule has 0 aliphatic rings. The van der Waals surface area contributed by atoms with Gasteiger partial charge in [0, 0.05) is 11.8 Å². The Bertz CT molecular complexity index is 91.4. The molecule has 10 heavy (non-hydrogen) atoms. The van der Waals surface area contributed by atoms with Crippen LogP contribution in [-0.4, -0.2) is 23.7 Å². The highest BCUT2D eigenvalue weighted by molar-refractivity contribution is 7.99. The average molecular weight is 173 g/mol. The van der Waals surface area contributed by atoms with E-state index in [9.17, 15) is 13.2 Å². The van der Waals surface area contributed by atoms with E-state index < -0.39 is 11.9 Å². The van der Waals surface area contributed by atoms with Gasteiger partial charge in [0.25, 0.3) is 0 Å². The molecule has 0 bridgehead atoms. The summed E-state index contributed by atoms with van der Waals surface area (Å²) in [5, 5.41) is 0. The van der Waals surface area contributed by atoms with E-state index in [4.69, 9.17) is 5.73 Å². The maximum Gasteiger partial charge on any atom is 0.397 e. The first kappa shape index (κ1) is 10.1. The zero-order valence-electron chi connectivity index (χ0n) is 5.61. The SMILES string of the molecule is CC(N)CSCC(F)(F)F. The minimum atomic E-state index is -4.06. The topological polar surface area (TPSA) is 26.0 Å². The lowest BCUT2D eigenvalue weighted by Gasteiger charge is -2.06. The van der Waals surface area contributed by atoms with Gasteiger partial charge in [-0.1, -0.05) is 0 Å². The quantitative estimate of drug-likeness (QED) is 0.702. The number of halogens is 3. The van der Waals surface area contributed by atoms with Gasteiger partial charge >= 0.3 is 6.18 Å². The molecule has 2 N–H and O–H groups in total. The summed E-state index contributed by atoms with van der Waals surface area (Å²) in [7, 11) is 0. The Hall–Kier alpha value is 0.100. The van der Waals surface area contributed by atoms with Crippen LogP contribution in [0.1, 0.15) is 6.92 Å². The zero-order chi connectivity index (χ0) is 8.20. The molecule has 0 saturated heterocycles. The second kappa shape index (κ2) is 4.08. The van der Waals surface area contributed by atoms with E-state index in [0.717, 1.165) is 11.8 Å². The van der Waals surface area contributed by atoms with Crippen LogP contribution in [0.3, 0.4) is 0 Å². The van der Waals surface area contributed by atoms with Crippen LogP contribution in [0.25, 0.3) is 0 Å². The molecular weight excluding hydrogens is 163 g/mol. The lowest BCUT2D eigenvalue weighted by Crippen LogP contribution is -2.20. The summed E-state index contributed by atoms with van der Waals surface area (Å²) in [5.41, 5.74) is 5.23. The fraction of sp³-hybridized carbons (Fsp3) is 1.00. The summed E-state index contributed by atoms with van der Waals surface area (Å²) in [6, 6.07) is -0.160. The summed E-state index contributed by atoms with van der Waals surface area (Å²) in [5.74, 6) is -0.436. The minimum absolute atomic E-state index is 0.160. The molecule has 0 aromatic heterocycles. The zero-order valence-corrected chi connectivity index (χ0v) is 6.43. The highest BCUT2D eigenvalue weighted by atomic mass is 32.2. The predicted molar refractivity (Wildman–Crippen MR) is 37.0 cm³/mol. The number of nitrogens with two attached hydrogens (primary N) is 1. The number of rotatable bonds is 3. The molecule has 0 amide bonds. The van der Waals surface area contributed by atoms with Gasteiger partial charge in [-0.15, -0.1) is 0 Å². The maximum atomic E-state index is 11.4. The van der Waals surface area contributed by atoms with Crippen LogP contribution in [0, 0.1) is 0 Å². The lowest BCUT2D eigenvalue weighted by molar-refractivity contribution is -0.105. The monoisotopic (exact) mass is 173 g/mol. The van der Waals surface area contributed by atoms with Gasteiger partial charge < -0.3 is 5.73 Å². The molecule has 0 aromatic rings. The van der Waals surface area contributed by atoms with E-state index >= 15 is 0 Å². The second-order valence-corrected chi connectivity index (χ2v) is 3.14. The highest BCUT2D eigenvalue weighted by Gasteiger charge is 2.26. The van der Waals surface area contributed by atoms with Crippen LogP contribution < -0.4 is 5.73 Å². The van der Waals surface area contributed by atoms with Crippen LogP contribution in [0.2, 0.25) is 0 Å².